The maximum atomic E-state index is 12.5. The van der Waals surface area contributed by atoms with Crippen LogP contribution >= 0.6 is 0 Å². The van der Waals surface area contributed by atoms with Crippen LogP contribution in [0.4, 0.5) is 4.79 Å². The van der Waals surface area contributed by atoms with Gasteiger partial charge >= 0.3 is 12.0 Å². The molecule has 1 aliphatic carbocycles. The number of carbonyl (C=O) groups excluding carboxylic acids is 1. The number of hydrogen-bond acceptors (Lipinski definition) is 3. The lowest BCUT2D eigenvalue weighted by Crippen LogP contribution is -2.60. The van der Waals surface area contributed by atoms with E-state index in [2.05, 4.69) is 19.2 Å². The predicted molar refractivity (Wildman–Crippen MR) is 78.1 cm³/mol. The quantitative estimate of drug-likeness (QED) is 0.784. The van der Waals surface area contributed by atoms with Crippen LogP contribution in [0.3, 0.4) is 0 Å². The van der Waals surface area contributed by atoms with E-state index in [1.165, 1.54) is 0 Å². The van der Waals surface area contributed by atoms with E-state index in [-0.39, 0.29) is 12.1 Å². The number of rotatable bonds is 6. The molecule has 0 aromatic heterocycles. The van der Waals surface area contributed by atoms with Gasteiger partial charge in [0.1, 0.15) is 5.54 Å². The summed E-state index contributed by atoms with van der Waals surface area (Å²) in [4.78, 5) is 25.9. The number of carboxylic acids is 1. The highest BCUT2D eigenvalue weighted by Gasteiger charge is 2.44. The van der Waals surface area contributed by atoms with Crippen molar-refractivity contribution in [1.29, 1.82) is 0 Å². The molecule has 1 saturated carbocycles. The van der Waals surface area contributed by atoms with Crippen LogP contribution in [0.1, 0.15) is 46.0 Å². The van der Waals surface area contributed by atoms with Gasteiger partial charge in [0.15, 0.2) is 0 Å². The summed E-state index contributed by atoms with van der Waals surface area (Å²) < 4.78 is 5.23. The van der Waals surface area contributed by atoms with Crippen molar-refractivity contribution in [2.24, 2.45) is 5.92 Å². The molecule has 1 saturated heterocycles. The van der Waals surface area contributed by atoms with Crippen molar-refractivity contribution in [1.82, 2.24) is 10.2 Å². The van der Waals surface area contributed by atoms with Crippen molar-refractivity contribution in [3.63, 3.8) is 0 Å². The van der Waals surface area contributed by atoms with E-state index in [0.717, 1.165) is 19.3 Å². The van der Waals surface area contributed by atoms with Crippen molar-refractivity contribution in [3.8, 4) is 0 Å². The number of nitrogens with zero attached hydrogens (tertiary/aromatic N) is 1. The third-order valence-corrected chi connectivity index (χ3v) is 4.30. The fraction of sp³-hybridized carbons (Fsp3) is 0.867. The average Bonchev–Trinajstić information content (AvgIpc) is 3.24. The van der Waals surface area contributed by atoms with Gasteiger partial charge in [-0.3, -0.25) is 0 Å². The second-order valence-corrected chi connectivity index (χ2v) is 6.54. The Morgan fingerprint density at radius 3 is 2.43 bits per heavy atom. The molecule has 0 bridgehead atoms. The number of nitrogens with one attached hydrogen (secondary N) is 1. The highest BCUT2D eigenvalue weighted by atomic mass is 16.5. The lowest BCUT2D eigenvalue weighted by Gasteiger charge is -2.36. The molecule has 0 unspecified atom stereocenters. The average molecular weight is 298 g/mol. The molecule has 2 N–H and O–H groups in total. The molecule has 2 rings (SSSR count). The van der Waals surface area contributed by atoms with Crippen LogP contribution in [0.15, 0.2) is 0 Å². The molecular formula is C15H26N2O4. The van der Waals surface area contributed by atoms with Crippen LogP contribution in [-0.4, -0.2) is 53.3 Å². The summed E-state index contributed by atoms with van der Waals surface area (Å²) in [6.45, 7) is 5.70. The molecule has 2 aliphatic rings. The molecule has 6 nitrogen and oxygen atoms in total. The van der Waals surface area contributed by atoms with Crippen molar-refractivity contribution >= 4 is 12.0 Å². The van der Waals surface area contributed by atoms with Gasteiger partial charge in [0.05, 0.1) is 0 Å². The van der Waals surface area contributed by atoms with E-state index in [0.29, 0.717) is 38.5 Å². The fourth-order valence-corrected chi connectivity index (χ4v) is 2.62. The van der Waals surface area contributed by atoms with Crippen molar-refractivity contribution in [3.05, 3.63) is 0 Å². The molecule has 0 atom stereocenters. The van der Waals surface area contributed by atoms with Gasteiger partial charge in [-0.1, -0.05) is 13.8 Å². The first-order valence-corrected chi connectivity index (χ1v) is 7.84. The minimum Gasteiger partial charge on any atom is -0.480 e. The Hall–Kier alpha value is -1.30. The summed E-state index contributed by atoms with van der Waals surface area (Å²) in [5.74, 6) is -0.436. The molecule has 21 heavy (non-hydrogen) atoms. The standard InChI is InChI=1S/C15H26N2O4/c1-11(2)5-8-17(12-3-4-12)14(20)16-15(13(18)19)6-9-21-10-7-15/h11-12H,3-10H2,1-2H3,(H,16,20)(H,18,19). The molecule has 6 heteroatoms. The van der Waals surface area contributed by atoms with Crippen molar-refractivity contribution in [2.45, 2.75) is 57.5 Å². The van der Waals surface area contributed by atoms with E-state index in [4.69, 9.17) is 4.74 Å². The SMILES string of the molecule is CC(C)CCN(C(=O)NC1(C(=O)O)CCOCC1)C1CC1. The van der Waals surface area contributed by atoms with Crippen LogP contribution < -0.4 is 5.32 Å². The zero-order valence-corrected chi connectivity index (χ0v) is 12.9. The van der Waals surface area contributed by atoms with Crippen LogP contribution in [0.5, 0.6) is 0 Å². The van der Waals surface area contributed by atoms with E-state index >= 15 is 0 Å². The van der Waals surface area contributed by atoms with Gasteiger partial charge < -0.3 is 20.1 Å². The summed E-state index contributed by atoms with van der Waals surface area (Å²) >= 11 is 0. The van der Waals surface area contributed by atoms with Crippen molar-refractivity contribution < 1.29 is 19.4 Å². The molecule has 120 valence electrons. The Morgan fingerprint density at radius 1 is 1.33 bits per heavy atom. The largest absolute Gasteiger partial charge is 0.480 e. The predicted octanol–water partition coefficient (Wildman–Crippen LogP) is 1.84. The van der Waals surface area contributed by atoms with Crippen LogP contribution in [0.25, 0.3) is 0 Å². The van der Waals surface area contributed by atoms with E-state index in [1.54, 1.807) is 0 Å². The minimum atomic E-state index is -1.17. The first-order chi connectivity index (χ1) is 9.94. The monoisotopic (exact) mass is 298 g/mol. The zero-order valence-electron chi connectivity index (χ0n) is 12.9. The summed E-state index contributed by atoms with van der Waals surface area (Å²) in [5.41, 5.74) is -1.17. The van der Waals surface area contributed by atoms with Gasteiger partial charge in [0, 0.05) is 38.6 Å². The number of ether oxygens (including phenoxy) is 1. The lowest BCUT2D eigenvalue weighted by atomic mass is 9.90. The molecule has 2 amide bonds. The molecule has 1 aliphatic heterocycles. The van der Waals surface area contributed by atoms with E-state index in [9.17, 15) is 14.7 Å². The Morgan fingerprint density at radius 2 is 1.95 bits per heavy atom. The molecule has 0 aromatic rings. The summed E-state index contributed by atoms with van der Waals surface area (Å²) in [6, 6.07) is 0.0527. The molecule has 1 heterocycles. The first-order valence-electron chi connectivity index (χ1n) is 7.84. The highest BCUT2D eigenvalue weighted by molar-refractivity contribution is 5.86. The van der Waals surface area contributed by atoms with Gasteiger partial charge in [0.2, 0.25) is 0 Å². The molecular weight excluding hydrogens is 272 g/mol. The second-order valence-electron chi connectivity index (χ2n) is 6.54. The number of aliphatic carboxylic acids is 1. The third kappa shape index (κ3) is 4.09. The second kappa shape index (κ2) is 6.64. The molecule has 0 radical (unpaired) electrons. The number of hydrogen-bond donors (Lipinski definition) is 2. The Bertz CT molecular complexity index is 387. The normalized spacial score (nSPS) is 21.1. The smallest absolute Gasteiger partial charge is 0.329 e. The Labute approximate surface area is 125 Å². The van der Waals surface area contributed by atoms with E-state index in [1.807, 2.05) is 4.90 Å². The van der Waals surface area contributed by atoms with E-state index < -0.39 is 11.5 Å². The highest BCUT2D eigenvalue weighted by Crippen LogP contribution is 2.29. The van der Waals surface area contributed by atoms with Gasteiger partial charge in [0.25, 0.3) is 0 Å². The zero-order chi connectivity index (χ0) is 15.5. The van der Waals surface area contributed by atoms with Crippen molar-refractivity contribution in [2.75, 3.05) is 19.8 Å². The van der Waals surface area contributed by atoms with Gasteiger partial charge in [-0.2, -0.15) is 0 Å². The molecule has 0 spiro atoms. The molecule has 2 fully saturated rings. The summed E-state index contributed by atoms with van der Waals surface area (Å²) in [6.07, 6.45) is 3.64. The topological polar surface area (TPSA) is 78.9 Å². The maximum Gasteiger partial charge on any atom is 0.329 e. The van der Waals surface area contributed by atoms with Gasteiger partial charge in [-0.15, -0.1) is 0 Å². The summed E-state index contributed by atoms with van der Waals surface area (Å²) in [7, 11) is 0. The number of carboxylic acid groups (broad SMARTS) is 1. The minimum absolute atomic E-state index is 0.234. The number of carbonyl (C=O) groups is 2. The van der Waals surface area contributed by atoms with Gasteiger partial charge in [-0.05, 0) is 25.2 Å². The number of amides is 2. The third-order valence-electron chi connectivity index (χ3n) is 4.30. The van der Waals surface area contributed by atoms with Gasteiger partial charge in [-0.25, -0.2) is 9.59 Å². The Kier molecular flexibility index (Phi) is 5.08. The van der Waals surface area contributed by atoms with Crippen LogP contribution in [-0.2, 0) is 9.53 Å². The lowest BCUT2D eigenvalue weighted by molar-refractivity contribution is -0.148. The Balaban J connectivity index is 2.00. The first kappa shape index (κ1) is 16.1. The summed E-state index contributed by atoms with van der Waals surface area (Å²) in [5, 5.41) is 12.3. The van der Waals surface area contributed by atoms with Crippen LogP contribution in [0.2, 0.25) is 0 Å². The molecule has 0 aromatic carbocycles. The number of urea groups is 1. The maximum absolute atomic E-state index is 12.5. The van der Waals surface area contributed by atoms with Crippen LogP contribution in [0, 0.1) is 5.92 Å². The fourth-order valence-electron chi connectivity index (χ4n) is 2.62.